The molecule has 1 atom stereocenters. The van der Waals surface area contributed by atoms with Gasteiger partial charge in [-0.25, -0.2) is 15.0 Å². The summed E-state index contributed by atoms with van der Waals surface area (Å²) in [6, 6.07) is 15.7. The maximum absolute atomic E-state index is 12.3. The van der Waals surface area contributed by atoms with Crippen molar-refractivity contribution < 1.29 is 9.53 Å². The van der Waals surface area contributed by atoms with Gasteiger partial charge in [-0.15, -0.1) is 0 Å². The second kappa shape index (κ2) is 6.77. The molecule has 0 radical (unpaired) electrons. The lowest BCUT2D eigenvalue weighted by Crippen LogP contribution is -2.21. The summed E-state index contributed by atoms with van der Waals surface area (Å²) < 4.78 is 7.74. The van der Waals surface area contributed by atoms with Gasteiger partial charge in [0.1, 0.15) is 11.4 Å². The fraction of sp³-hybridized carbons (Fsp3) is 0.143. The average Bonchev–Trinajstić information content (AvgIpc) is 3.02. The van der Waals surface area contributed by atoms with Gasteiger partial charge in [-0.05, 0) is 35.9 Å². The van der Waals surface area contributed by atoms with Crippen molar-refractivity contribution in [3.8, 4) is 11.8 Å². The fourth-order valence-corrected chi connectivity index (χ4v) is 3.59. The van der Waals surface area contributed by atoms with Crippen LogP contribution in [0.25, 0.3) is 5.65 Å². The van der Waals surface area contributed by atoms with Crippen molar-refractivity contribution in [1.29, 1.82) is 0 Å². The number of aromatic nitrogens is 4. The number of nitrogens with one attached hydrogen (secondary N) is 1. The molecule has 1 N–H and O–H groups in total. The molecule has 3 aromatic heterocycles. The number of benzene rings is 1. The molecule has 4 aromatic rings. The van der Waals surface area contributed by atoms with Crippen molar-refractivity contribution in [1.82, 2.24) is 24.7 Å². The maximum Gasteiger partial charge on any atom is 0.321 e. The molecule has 0 aliphatic carbocycles. The number of rotatable bonds is 3. The highest BCUT2D eigenvalue weighted by Crippen LogP contribution is 2.34. The quantitative estimate of drug-likeness (QED) is 0.599. The van der Waals surface area contributed by atoms with Gasteiger partial charge in [0.25, 0.3) is 0 Å². The molecule has 0 spiro atoms. The predicted molar refractivity (Wildman–Crippen MR) is 102 cm³/mol. The summed E-state index contributed by atoms with van der Waals surface area (Å²) in [7, 11) is 0. The van der Waals surface area contributed by atoms with Crippen LogP contribution in [0.3, 0.4) is 0 Å². The molecule has 7 nitrogen and oxygen atoms in total. The molecule has 5 rings (SSSR count). The molecule has 1 aliphatic heterocycles. The molecule has 1 aliphatic rings. The summed E-state index contributed by atoms with van der Waals surface area (Å²) in [5.41, 5.74) is 3.87. The van der Waals surface area contributed by atoms with E-state index in [9.17, 15) is 4.79 Å². The van der Waals surface area contributed by atoms with Gasteiger partial charge in [0, 0.05) is 30.9 Å². The summed E-state index contributed by atoms with van der Waals surface area (Å²) >= 11 is 0. The van der Waals surface area contributed by atoms with Gasteiger partial charge < -0.3 is 14.5 Å². The highest BCUT2D eigenvalue weighted by Gasteiger charge is 2.28. The number of nitrogens with zero attached hydrogens (tertiary/aromatic N) is 4. The van der Waals surface area contributed by atoms with Crippen LogP contribution in [-0.2, 0) is 11.3 Å². The van der Waals surface area contributed by atoms with E-state index in [0.717, 1.165) is 22.6 Å². The van der Waals surface area contributed by atoms with Crippen LogP contribution < -0.4 is 10.1 Å². The first-order valence-corrected chi connectivity index (χ1v) is 9.05. The topological polar surface area (TPSA) is 81.4 Å². The third-order valence-corrected chi connectivity index (χ3v) is 4.85. The minimum Gasteiger partial charge on any atom is -0.424 e. The number of ether oxygens (including phenoxy) is 1. The van der Waals surface area contributed by atoms with Crippen LogP contribution in [0.4, 0.5) is 0 Å². The molecule has 4 heterocycles. The first kappa shape index (κ1) is 16.4. The molecule has 28 heavy (non-hydrogen) atoms. The Balaban J connectivity index is 1.52. The van der Waals surface area contributed by atoms with E-state index in [2.05, 4.69) is 19.7 Å². The van der Waals surface area contributed by atoms with Gasteiger partial charge in [-0.3, -0.25) is 4.79 Å². The van der Waals surface area contributed by atoms with Gasteiger partial charge in [0.05, 0.1) is 17.9 Å². The van der Waals surface area contributed by atoms with E-state index in [-0.39, 0.29) is 11.8 Å². The Labute approximate surface area is 161 Å². The Morgan fingerprint density at radius 3 is 2.68 bits per heavy atom. The van der Waals surface area contributed by atoms with Crippen LogP contribution in [0.5, 0.6) is 11.8 Å². The first-order chi connectivity index (χ1) is 13.8. The molecule has 0 bridgehead atoms. The van der Waals surface area contributed by atoms with Crippen molar-refractivity contribution >= 4 is 11.6 Å². The third kappa shape index (κ3) is 2.96. The molecule has 0 saturated carbocycles. The number of fused-ring (bicyclic) bond motifs is 3. The van der Waals surface area contributed by atoms with Gasteiger partial charge in [-0.1, -0.05) is 18.2 Å². The lowest BCUT2D eigenvalue weighted by molar-refractivity contribution is -0.121. The van der Waals surface area contributed by atoms with Crippen molar-refractivity contribution in [3.63, 3.8) is 0 Å². The van der Waals surface area contributed by atoms with Gasteiger partial charge in [0.2, 0.25) is 5.91 Å². The zero-order valence-corrected chi connectivity index (χ0v) is 14.9. The summed E-state index contributed by atoms with van der Waals surface area (Å²) in [6.45, 7) is 0.443. The van der Waals surface area contributed by atoms with Crippen molar-refractivity contribution in [2.45, 2.75) is 18.9 Å². The van der Waals surface area contributed by atoms with Gasteiger partial charge in [0.15, 0.2) is 0 Å². The predicted octanol–water partition coefficient (Wildman–Crippen LogP) is 3.07. The van der Waals surface area contributed by atoms with Crippen molar-refractivity contribution in [2.75, 3.05) is 0 Å². The number of hydrogen-bond acceptors (Lipinski definition) is 5. The minimum absolute atomic E-state index is 0.0192. The molecular formula is C21H17N5O2. The number of carbonyl (C=O) groups excluding carboxylic acids is 1. The van der Waals surface area contributed by atoms with E-state index < -0.39 is 0 Å². The van der Waals surface area contributed by atoms with E-state index in [1.807, 2.05) is 48.7 Å². The Bertz CT molecular complexity index is 1140. The van der Waals surface area contributed by atoms with E-state index in [1.165, 1.54) is 0 Å². The van der Waals surface area contributed by atoms with Crippen LogP contribution in [0.2, 0.25) is 0 Å². The average molecular weight is 371 g/mol. The van der Waals surface area contributed by atoms with Gasteiger partial charge >= 0.3 is 6.01 Å². The number of hydrogen-bond donors (Lipinski definition) is 1. The van der Waals surface area contributed by atoms with Crippen LogP contribution in [-0.4, -0.2) is 25.3 Å². The maximum atomic E-state index is 12.3. The van der Waals surface area contributed by atoms with Crippen LogP contribution in [0.1, 0.15) is 29.3 Å². The van der Waals surface area contributed by atoms with Crippen molar-refractivity contribution in [2.24, 2.45) is 0 Å². The minimum atomic E-state index is -0.0862. The Morgan fingerprint density at radius 2 is 1.86 bits per heavy atom. The SMILES string of the molecule is O=C1C[C@H](c2ccc(Oc3ncccn3)cc2)c2c(nc3ccccn23)CN1. The lowest BCUT2D eigenvalue weighted by atomic mass is 9.91. The largest absolute Gasteiger partial charge is 0.424 e. The molecule has 0 fully saturated rings. The molecule has 7 heteroatoms. The monoisotopic (exact) mass is 371 g/mol. The Kier molecular flexibility index (Phi) is 3.97. The number of carbonyl (C=O) groups is 1. The lowest BCUT2D eigenvalue weighted by Gasteiger charge is -2.16. The summed E-state index contributed by atoms with van der Waals surface area (Å²) in [5, 5.41) is 2.95. The van der Waals surface area contributed by atoms with Crippen molar-refractivity contribution in [3.05, 3.63) is 84.1 Å². The van der Waals surface area contributed by atoms with Crippen LogP contribution >= 0.6 is 0 Å². The molecule has 1 amide bonds. The number of pyridine rings is 1. The van der Waals surface area contributed by atoms with Gasteiger partial charge in [-0.2, -0.15) is 0 Å². The summed E-state index contributed by atoms with van der Waals surface area (Å²) in [6.07, 6.45) is 5.63. The smallest absolute Gasteiger partial charge is 0.321 e. The molecule has 0 saturated heterocycles. The number of amides is 1. The van der Waals surface area contributed by atoms with E-state index in [4.69, 9.17) is 9.72 Å². The molecule has 138 valence electrons. The highest BCUT2D eigenvalue weighted by atomic mass is 16.5. The molecular weight excluding hydrogens is 354 g/mol. The molecule has 1 aromatic carbocycles. The summed E-state index contributed by atoms with van der Waals surface area (Å²) in [5.74, 6) is 0.578. The zero-order chi connectivity index (χ0) is 18.9. The summed E-state index contributed by atoms with van der Waals surface area (Å²) in [4.78, 5) is 25.1. The highest BCUT2D eigenvalue weighted by molar-refractivity contribution is 5.78. The first-order valence-electron chi connectivity index (χ1n) is 9.05. The Hall–Kier alpha value is -3.74. The second-order valence-electron chi connectivity index (χ2n) is 6.61. The third-order valence-electron chi connectivity index (χ3n) is 4.85. The second-order valence-corrected chi connectivity index (χ2v) is 6.61. The van der Waals surface area contributed by atoms with E-state index >= 15 is 0 Å². The molecule has 0 unspecified atom stereocenters. The van der Waals surface area contributed by atoms with Crippen LogP contribution in [0.15, 0.2) is 67.1 Å². The fourth-order valence-electron chi connectivity index (χ4n) is 3.59. The zero-order valence-electron chi connectivity index (χ0n) is 14.9. The van der Waals surface area contributed by atoms with E-state index in [1.54, 1.807) is 18.5 Å². The van der Waals surface area contributed by atoms with Crippen LogP contribution in [0, 0.1) is 0 Å². The van der Waals surface area contributed by atoms with E-state index in [0.29, 0.717) is 24.7 Å². The normalized spacial score (nSPS) is 16.3. The Morgan fingerprint density at radius 1 is 1.04 bits per heavy atom. The number of imidazole rings is 1. The standard InChI is InChI=1S/C21H17N5O2/c27-19-12-16(20-17(13-24-19)25-18-4-1-2-11-26(18)20)14-5-7-15(8-6-14)28-21-22-9-3-10-23-21/h1-11,16H,12-13H2,(H,24,27)/t16-/m1/s1.